The Labute approximate surface area is 193 Å². The first kappa shape index (κ1) is 22.3. The number of carbonyl (C=O) groups is 2. The fraction of sp³-hybridized carbons (Fsp3) is 0.222. The molecule has 168 valence electrons. The Morgan fingerprint density at radius 3 is 2.52 bits per heavy atom. The van der Waals surface area contributed by atoms with Gasteiger partial charge in [0.2, 0.25) is 0 Å². The Bertz CT molecular complexity index is 1190. The molecule has 1 amide bonds. The van der Waals surface area contributed by atoms with Crippen molar-refractivity contribution in [2.75, 3.05) is 6.61 Å². The first-order valence-electron chi connectivity index (χ1n) is 11.0. The van der Waals surface area contributed by atoms with Gasteiger partial charge in [-0.25, -0.2) is 0 Å². The molecule has 0 aliphatic carbocycles. The molecule has 1 aromatic heterocycles. The van der Waals surface area contributed by atoms with E-state index < -0.39 is 17.7 Å². The van der Waals surface area contributed by atoms with Crippen molar-refractivity contribution < 1.29 is 19.4 Å². The molecule has 4 rings (SSSR count). The topological polar surface area (TPSA) is 79.7 Å². The van der Waals surface area contributed by atoms with Crippen molar-refractivity contribution in [2.24, 2.45) is 0 Å². The largest absolute Gasteiger partial charge is 0.507 e. The van der Waals surface area contributed by atoms with Gasteiger partial charge in [0.15, 0.2) is 0 Å². The van der Waals surface area contributed by atoms with Gasteiger partial charge < -0.3 is 14.7 Å². The summed E-state index contributed by atoms with van der Waals surface area (Å²) in [7, 11) is 0. The zero-order chi connectivity index (χ0) is 23.4. The molecular formula is C27H26N2O4. The van der Waals surface area contributed by atoms with Crippen LogP contribution in [0.15, 0.2) is 78.5 Å². The molecule has 1 aliphatic rings. The number of ether oxygens (including phenoxy) is 1. The van der Waals surface area contributed by atoms with Crippen LogP contribution in [0.2, 0.25) is 0 Å². The third-order valence-electron chi connectivity index (χ3n) is 5.56. The van der Waals surface area contributed by atoms with Crippen LogP contribution in [0.4, 0.5) is 0 Å². The molecule has 0 saturated carbocycles. The number of carbonyl (C=O) groups excluding carboxylic acids is 2. The van der Waals surface area contributed by atoms with Crippen molar-refractivity contribution in [3.63, 3.8) is 0 Å². The second-order valence-electron chi connectivity index (χ2n) is 8.04. The number of aryl methyl sites for hydroxylation is 1. The molecule has 1 N–H and O–H groups in total. The second kappa shape index (κ2) is 9.69. The highest BCUT2D eigenvalue weighted by molar-refractivity contribution is 6.46. The number of nitrogens with zero attached hydrogens (tertiary/aromatic N) is 2. The zero-order valence-electron chi connectivity index (χ0n) is 18.7. The van der Waals surface area contributed by atoms with Crippen molar-refractivity contribution in [3.05, 3.63) is 101 Å². The quantitative estimate of drug-likeness (QED) is 0.323. The van der Waals surface area contributed by atoms with Gasteiger partial charge in [-0.1, -0.05) is 42.8 Å². The summed E-state index contributed by atoms with van der Waals surface area (Å²) in [5.74, 6) is -0.887. The molecule has 3 aromatic rings. The summed E-state index contributed by atoms with van der Waals surface area (Å²) in [4.78, 5) is 32.0. The van der Waals surface area contributed by atoms with Gasteiger partial charge in [-0.3, -0.25) is 14.6 Å². The van der Waals surface area contributed by atoms with Gasteiger partial charge in [0.05, 0.1) is 30.5 Å². The number of hydrogen-bond donors (Lipinski definition) is 1. The number of pyridine rings is 1. The van der Waals surface area contributed by atoms with Crippen molar-refractivity contribution in [1.82, 2.24) is 9.88 Å². The van der Waals surface area contributed by atoms with Crippen LogP contribution in [0, 0.1) is 6.92 Å². The van der Waals surface area contributed by atoms with Crippen LogP contribution < -0.4 is 4.74 Å². The van der Waals surface area contributed by atoms with Gasteiger partial charge in [-0.2, -0.15) is 0 Å². The predicted octanol–water partition coefficient (Wildman–Crippen LogP) is 4.80. The lowest BCUT2D eigenvalue weighted by Crippen LogP contribution is -2.29. The number of aromatic nitrogens is 1. The van der Waals surface area contributed by atoms with Crippen molar-refractivity contribution >= 4 is 17.4 Å². The number of aliphatic hydroxyl groups excluding tert-OH is 1. The molecule has 0 radical (unpaired) electrons. The van der Waals surface area contributed by atoms with Crippen molar-refractivity contribution in [1.29, 1.82) is 0 Å². The number of likely N-dealkylation sites (tertiary alicyclic amines) is 1. The minimum absolute atomic E-state index is 0.0729. The molecule has 1 fully saturated rings. The van der Waals surface area contributed by atoms with Crippen LogP contribution in [0.5, 0.6) is 5.75 Å². The molecule has 6 nitrogen and oxygen atoms in total. The number of aliphatic hydroxyl groups is 1. The predicted molar refractivity (Wildman–Crippen MR) is 125 cm³/mol. The lowest BCUT2D eigenvalue weighted by molar-refractivity contribution is -0.140. The van der Waals surface area contributed by atoms with Gasteiger partial charge in [0, 0.05) is 11.8 Å². The van der Waals surface area contributed by atoms with E-state index in [1.54, 1.807) is 36.5 Å². The number of benzene rings is 2. The first-order valence-corrected chi connectivity index (χ1v) is 11.0. The normalized spacial score (nSPS) is 17.4. The Balaban J connectivity index is 1.79. The average molecular weight is 443 g/mol. The number of Topliss-reactive ketones (excluding diaryl/α,β-unsaturated/α-hetero) is 1. The Morgan fingerprint density at radius 2 is 1.85 bits per heavy atom. The van der Waals surface area contributed by atoms with E-state index in [4.69, 9.17) is 4.74 Å². The van der Waals surface area contributed by atoms with Crippen molar-refractivity contribution in [2.45, 2.75) is 32.9 Å². The van der Waals surface area contributed by atoms with Crippen molar-refractivity contribution in [3.8, 4) is 5.75 Å². The minimum atomic E-state index is -0.720. The van der Waals surface area contributed by atoms with Gasteiger partial charge in [0.1, 0.15) is 11.5 Å². The van der Waals surface area contributed by atoms with Crippen LogP contribution in [0.25, 0.3) is 5.76 Å². The summed E-state index contributed by atoms with van der Waals surface area (Å²) in [5, 5.41) is 11.2. The SMILES string of the molecule is CCCOc1ccc(/C(O)=C2/C(=O)C(=O)N(Cc3ccccn3)C2c2cccc(C)c2)cc1. The molecule has 6 heteroatoms. The number of hydrogen-bond acceptors (Lipinski definition) is 5. The van der Waals surface area contributed by atoms with Crippen LogP contribution in [-0.4, -0.2) is 33.3 Å². The summed E-state index contributed by atoms with van der Waals surface area (Å²) >= 11 is 0. The number of amides is 1. The average Bonchev–Trinajstić information content (AvgIpc) is 3.08. The molecule has 2 aromatic carbocycles. The van der Waals surface area contributed by atoms with E-state index in [-0.39, 0.29) is 17.9 Å². The second-order valence-corrected chi connectivity index (χ2v) is 8.04. The van der Waals surface area contributed by atoms with E-state index in [0.717, 1.165) is 17.5 Å². The third kappa shape index (κ3) is 4.65. The zero-order valence-corrected chi connectivity index (χ0v) is 18.7. The molecule has 1 aliphatic heterocycles. The molecule has 0 spiro atoms. The maximum atomic E-state index is 13.1. The maximum Gasteiger partial charge on any atom is 0.296 e. The highest BCUT2D eigenvalue weighted by atomic mass is 16.5. The summed E-state index contributed by atoms with van der Waals surface area (Å²) in [6.45, 7) is 4.72. The standard InChI is InChI=1S/C27H26N2O4/c1-3-15-33-22-12-10-19(11-13-22)25(30)23-24(20-8-6-7-18(2)16-20)29(27(32)26(23)31)17-21-9-4-5-14-28-21/h4-14,16,24,30H,3,15,17H2,1-2H3/b25-23-. The molecule has 33 heavy (non-hydrogen) atoms. The monoisotopic (exact) mass is 442 g/mol. The molecule has 1 saturated heterocycles. The van der Waals surface area contributed by atoms with Gasteiger partial charge in [-0.15, -0.1) is 0 Å². The third-order valence-corrected chi connectivity index (χ3v) is 5.56. The van der Waals surface area contributed by atoms with E-state index in [1.807, 2.05) is 50.2 Å². The van der Waals surface area contributed by atoms with Gasteiger partial charge >= 0.3 is 0 Å². The Kier molecular flexibility index (Phi) is 6.54. The van der Waals surface area contributed by atoms with E-state index in [0.29, 0.717) is 23.6 Å². The highest BCUT2D eigenvalue weighted by Crippen LogP contribution is 2.40. The van der Waals surface area contributed by atoms with Gasteiger partial charge in [-0.05, 0) is 55.3 Å². The molecule has 1 atom stereocenters. The molecule has 0 bridgehead atoms. The van der Waals surface area contributed by atoms with E-state index in [1.165, 1.54) is 4.90 Å². The van der Waals surface area contributed by atoms with E-state index >= 15 is 0 Å². The first-order chi connectivity index (χ1) is 16.0. The summed E-state index contributed by atoms with van der Waals surface area (Å²) in [6, 6.07) is 19.2. The lowest BCUT2D eigenvalue weighted by Gasteiger charge is -2.25. The summed E-state index contributed by atoms with van der Waals surface area (Å²) < 4.78 is 5.61. The van der Waals surface area contributed by atoms with Crippen LogP contribution in [0.1, 0.15) is 41.8 Å². The van der Waals surface area contributed by atoms with E-state index in [2.05, 4.69) is 4.98 Å². The fourth-order valence-electron chi connectivity index (χ4n) is 3.98. The Morgan fingerprint density at radius 1 is 1.06 bits per heavy atom. The maximum absolute atomic E-state index is 13.1. The molecule has 1 unspecified atom stereocenters. The van der Waals surface area contributed by atoms with Crippen LogP contribution in [-0.2, 0) is 16.1 Å². The van der Waals surface area contributed by atoms with Gasteiger partial charge in [0.25, 0.3) is 11.7 Å². The van der Waals surface area contributed by atoms with Crippen LogP contribution >= 0.6 is 0 Å². The summed E-state index contributed by atoms with van der Waals surface area (Å²) in [6.07, 6.45) is 2.54. The number of rotatable bonds is 7. The molecular weight excluding hydrogens is 416 g/mol. The fourth-order valence-corrected chi connectivity index (χ4v) is 3.98. The summed E-state index contributed by atoms with van der Waals surface area (Å²) in [5.41, 5.74) is 2.94. The molecule has 2 heterocycles. The van der Waals surface area contributed by atoms with Crippen LogP contribution in [0.3, 0.4) is 0 Å². The van der Waals surface area contributed by atoms with E-state index in [9.17, 15) is 14.7 Å². The Hall–Kier alpha value is -3.93. The lowest BCUT2D eigenvalue weighted by atomic mass is 9.94. The number of ketones is 1. The highest BCUT2D eigenvalue weighted by Gasteiger charge is 2.46. The minimum Gasteiger partial charge on any atom is -0.507 e. The smallest absolute Gasteiger partial charge is 0.296 e.